The highest BCUT2D eigenvalue weighted by Crippen LogP contribution is 2.26. The van der Waals surface area contributed by atoms with Gasteiger partial charge >= 0.3 is 0 Å². The summed E-state index contributed by atoms with van der Waals surface area (Å²) in [5.41, 5.74) is 1.83. The second-order valence-electron chi connectivity index (χ2n) is 7.91. The first kappa shape index (κ1) is 22.3. The van der Waals surface area contributed by atoms with Gasteiger partial charge in [0.1, 0.15) is 0 Å². The van der Waals surface area contributed by atoms with Gasteiger partial charge in [0.25, 0.3) is 12.3 Å². The van der Waals surface area contributed by atoms with Gasteiger partial charge in [-0.1, -0.05) is 18.9 Å². The Balaban J connectivity index is 1.58. The van der Waals surface area contributed by atoms with E-state index in [4.69, 9.17) is 0 Å². The average Bonchev–Trinajstić information content (AvgIpc) is 2.99. The van der Waals surface area contributed by atoms with Gasteiger partial charge in [-0.25, -0.2) is 22.2 Å². The minimum absolute atomic E-state index is 0.169. The average molecular weight is 463 g/mol. The highest BCUT2D eigenvalue weighted by Gasteiger charge is 2.27. The number of anilines is 1. The molecule has 3 aromatic rings. The molecule has 0 bridgehead atoms. The number of fused-ring (bicyclic) bond motifs is 1. The fraction of sp³-hybridized carbons (Fsp3) is 0.364. The lowest BCUT2D eigenvalue weighted by Crippen LogP contribution is -2.32. The van der Waals surface area contributed by atoms with Crippen LogP contribution in [0.1, 0.15) is 53.9 Å². The molecule has 0 saturated carbocycles. The van der Waals surface area contributed by atoms with Crippen molar-refractivity contribution in [2.24, 2.45) is 0 Å². The lowest BCUT2D eigenvalue weighted by atomic mass is 10.1. The van der Waals surface area contributed by atoms with Crippen LogP contribution in [0.15, 0.2) is 41.3 Å². The largest absolute Gasteiger partial charge is 0.337 e. The predicted molar refractivity (Wildman–Crippen MR) is 117 cm³/mol. The Morgan fingerprint density at radius 1 is 1.09 bits per heavy atom. The fourth-order valence-corrected chi connectivity index (χ4v) is 5.62. The number of alkyl halides is 2. The van der Waals surface area contributed by atoms with Gasteiger partial charge in [0, 0.05) is 24.3 Å². The Kier molecular flexibility index (Phi) is 6.25. The van der Waals surface area contributed by atoms with E-state index in [0.29, 0.717) is 35.4 Å². The van der Waals surface area contributed by atoms with Crippen molar-refractivity contribution >= 4 is 32.7 Å². The molecule has 1 aromatic heterocycles. The first-order chi connectivity index (χ1) is 15.3. The van der Waals surface area contributed by atoms with Crippen LogP contribution in [0.5, 0.6) is 0 Å². The van der Waals surface area contributed by atoms with E-state index in [1.54, 1.807) is 19.1 Å². The van der Waals surface area contributed by atoms with E-state index >= 15 is 0 Å². The number of H-pyrrole nitrogens is 1. The number of carbonyl (C=O) groups excluding carboxylic acids is 1. The lowest BCUT2D eigenvalue weighted by Gasteiger charge is -2.21. The zero-order valence-corrected chi connectivity index (χ0v) is 18.4. The van der Waals surface area contributed by atoms with Crippen LogP contribution in [0.25, 0.3) is 11.0 Å². The molecule has 1 amide bonds. The molecule has 0 unspecified atom stereocenters. The van der Waals surface area contributed by atoms with Crippen molar-refractivity contribution in [3.05, 3.63) is 53.3 Å². The van der Waals surface area contributed by atoms with E-state index < -0.39 is 28.2 Å². The predicted octanol–water partition coefficient (Wildman–Crippen LogP) is 4.63. The van der Waals surface area contributed by atoms with Crippen molar-refractivity contribution < 1.29 is 22.0 Å². The van der Waals surface area contributed by atoms with Crippen LogP contribution in [0.4, 0.5) is 14.5 Å². The smallest absolute Gasteiger partial charge is 0.295 e. The van der Waals surface area contributed by atoms with Gasteiger partial charge in [-0.05, 0) is 55.7 Å². The molecule has 10 heteroatoms. The van der Waals surface area contributed by atoms with E-state index in [0.717, 1.165) is 25.7 Å². The number of rotatable bonds is 5. The number of imidazole rings is 1. The molecule has 4 rings (SSSR count). The second kappa shape index (κ2) is 8.95. The van der Waals surface area contributed by atoms with Crippen LogP contribution in [0, 0.1) is 6.92 Å². The van der Waals surface area contributed by atoms with Crippen molar-refractivity contribution in [3.8, 4) is 0 Å². The molecule has 2 aromatic carbocycles. The molecular formula is C22H24F2N4O3S. The van der Waals surface area contributed by atoms with Crippen molar-refractivity contribution in [2.75, 3.05) is 18.4 Å². The highest BCUT2D eigenvalue weighted by molar-refractivity contribution is 7.89. The van der Waals surface area contributed by atoms with Gasteiger partial charge < -0.3 is 10.3 Å². The van der Waals surface area contributed by atoms with Crippen molar-refractivity contribution in [2.45, 2.75) is 43.9 Å². The molecule has 7 nitrogen and oxygen atoms in total. The van der Waals surface area contributed by atoms with Crippen LogP contribution < -0.4 is 5.32 Å². The van der Waals surface area contributed by atoms with Gasteiger partial charge in [0.2, 0.25) is 10.0 Å². The Morgan fingerprint density at radius 2 is 1.81 bits per heavy atom. The number of benzene rings is 2. The molecule has 170 valence electrons. The van der Waals surface area contributed by atoms with Crippen LogP contribution in [0.3, 0.4) is 0 Å². The quantitative estimate of drug-likeness (QED) is 0.578. The molecule has 1 fully saturated rings. The van der Waals surface area contributed by atoms with Gasteiger partial charge in [-0.3, -0.25) is 4.79 Å². The number of aromatic amines is 1. The summed E-state index contributed by atoms with van der Waals surface area (Å²) in [5, 5.41) is 2.70. The summed E-state index contributed by atoms with van der Waals surface area (Å²) in [5.74, 6) is -0.943. The molecule has 0 aliphatic carbocycles. The van der Waals surface area contributed by atoms with Crippen LogP contribution in [0.2, 0.25) is 0 Å². The first-order valence-electron chi connectivity index (χ1n) is 10.5. The van der Waals surface area contributed by atoms with Gasteiger partial charge in [0.15, 0.2) is 5.82 Å². The molecule has 32 heavy (non-hydrogen) atoms. The van der Waals surface area contributed by atoms with Gasteiger partial charge in [-0.15, -0.1) is 0 Å². The minimum atomic E-state index is -3.68. The summed E-state index contributed by atoms with van der Waals surface area (Å²) in [6.07, 6.45) is 0.953. The maximum Gasteiger partial charge on any atom is 0.295 e. The van der Waals surface area contributed by atoms with E-state index in [1.807, 2.05) is 0 Å². The Bertz CT molecular complexity index is 1250. The number of hydrogen-bond donors (Lipinski definition) is 2. The van der Waals surface area contributed by atoms with E-state index in [9.17, 15) is 22.0 Å². The highest BCUT2D eigenvalue weighted by atomic mass is 32.2. The summed E-state index contributed by atoms with van der Waals surface area (Å²) in [6, 6.07) is 9.17. The first-order valence-corrected chi connectivity index (χ1v) is 11.9. The third-order valence-corrected chi connectivity index (χ3v) is 7.64. The van der Waals surface area contributed by atoms with Crippen molar-refractivity contribution in [1.29, 1.82) is 0 Å². The number of aryl methyl sites for hydroxylation is 1. The standard InChI is InChI=1S/C22H24F2N4O3S/c1-14-6-8-16(13-19(14)32(30,31)28-10-4-2-3-5-11-28)25-22(29)15-7-9-17-18(12-15)27-21(26-17)20(23)24/h6-9,12-13,20H,2-5,10-11H2,1H3,(H,25,29)(H,26,27). The molecule has 1 aliphatic heterocycles. The SMILES string of the molecule is Cc1ccc(NC(=O)c2ccc3nc(C(F)F)[nH]c3c2)cc1S(=O)(=O)N1CCCCCC1. The summed E-state index contributed by atoms with van der Waals surface area (Å²) in [7, 11) is -3.68. The maximum atomic E-state index is 13.2. The van der Waals surface area contributed by atoms with Gasteiger partial charge in [0.05, 0.1) is 15.9 Å². The third-order valence-electron chi connectivity index (χ3n) is 5.60. The number of halogens is 2. The van der Waals surface area contributed by atoms with Gasteiger partial charge in [-0.2, -0.15) is 4.31 Å². The minimum Gasteiger partial charge on any atom is -0.337 e. The number of sulfonamides is 1. The molecule has 0 spiro atoms. The topological polar surface area (TPSA) is 95.2 Å². The number of hydrogen-bond acceptors (Lipinski definition) is 4. The second-order valence-corrected chi connectivity index (χ2v) is 9.81. The monoisotopic (exact) mass is 462 g/mol. The van der Waals surface area contributed by atoms with Crippen molar-refractivity contribution in [1.82, 2.24) is 14.3 Å². The summed E-state index contributed by atoms with van der Waals surface area (Å²) in [6.45, 7) is 2.70. The molecule has 2 N–H and O–H groups in total. The summed E-state index contributed by atoms with van der Waals surface area (Å²) in [4.78, 5) is 19.2. The Morgan fingerprint density at radius 3 is 2.50 bits per heavy atom. The Hall–Kier alpha value is -2.85. The maximum absolute atomic E-state index is 13.2. The van der Waals surface area contributed by atoms with Crippen molar-refractivity contribution in [3.63, 3.8) is 0 Å². The van der Waals surface area contributed by atoms with E-state index in [-0.39, 0.29) is 10.5 Å². The number of amides is 1. The molecule has 0 radical (unpaired) electrons. The lowest BCUT2D eigenvalue weighted by molar-refractivity contribution is 0.102. The number of nitrogens with zero attached hydrogens (tertiary/aromatic N) is 2. The number of aromatic nitrogens is 2. The zero-order valence-electron chi connectivity index (χ0n) is 17.6. The summed E-state index contributed by atoms with van der Waals surface area (Å²) < 4.78 is 53.6. The third kappa shape index (κ3) is 4.51. The van der Waals surface area contributed by atoms with Crippen LogP contribution in [-0.2, 0) is 10.0 Å². The number of nitrogens with one attached hydrogen (secondary N) is 2. The Labute approximate surface area is 184 Å². The molecule has 0 atom stereocenters. The fourth-order valence-electron chi connectivity index (χ4n) is 3.85. The molecule has 2 heterocycles. The van der Waals surface area contributed by atoms with Crippen LogP contribution >= 0.6 is 0 Å². The van der Waals surface area contributed by atoms with E-state index in [1.165, 1.54) is 28.6 Å². The number of carbonyl (C=O) groups is 1. The molecular weight excluding hydrogens is 438 g/mol. The zero-order chi connectivity index (χ0) is 22.9. The molecule has 1 saturated heterocycles. The summed E-state index contributed by atoms with van der Waals surface area (Å²) >= 11 is 0. The van der Waals surface area contributed by atoms with E-state index in [2.05, 4.69) is 15.3 Å². The molecule has 1 aliphatic rings. The normalized spacial score (nSPS) is 15.8. The van der Waals surface area contributed by atoms with Crippen LogP contribution in [-0.4, -0.2) is 41.7 Å².